The van der Waals surface area contributed by atoms with Gasteiger partial charge in [0.2, 0.25) is 5.91 Å². The average molecular weight is 582 g/mol. The molecule has 0 radical (unpaired) electrons. The van der Waals surface area contributed by atoms with Gasteiger partial charge in [-0.05, 0) is 47.8 Å². The van der Waals surface area contributed by atoms with Gasteiger partial charge in [0.1, 0.15) is 12.4 Å². The van der Waals surface area contributed by atoms with Crippen molar-refractivity contribution >= 4 is 34.4 Å². The van der Waals surface area contributed by atoms with E-state index in [-0.39, 0.29) is 64.6 Å². The van der Waals surface area contributed by atoms with Crippen molar-refractivity contribution in [1.29, 1.82) is 0 Å². The highest BCUT2D eigenvalue weighted by Gasteiger charge is 2.46. The van der Waals surface area contributed by atoms with Crippen LogP contribution in [0.2, 0.25) is 5.02 Å². The maximum Gasteiger partial charge on any atom is 0.343 e. The van der Waals surface area contributed by atoms with Crippen LogP contribution in [-0.4, -0.2) is 26.5 Å². The highest BCUT2D eigenvalue weighted by Crippen LogP contribution is 2.47. The van der Waals surface area contributed by atoms with E-state index in [1.165, 1.54) is 6.07 Å². The average Bonchev–Trinajstić information content (AvgIpc) is 3.28. The number of amides is 1. The molecule has 0 saturated heterocycles. The zero-order chi connectivity index (χ0) is 29.6. The molecule has 10 heteroatoms. The first kappa shape index (κ1) is 27.8. The quantitative estimate of drug-likeness (QED) is 0.326. The Bertz CT molecular complexity index is 1730. The van der Waals surface area contributed by atoms with Gasteiger partial charge in [0.25, 0.3) is 5.56 Å². The summed E-state index contributed by atoms with van der Waals surface area (Å²) in [5, 5.41) is 15.2. The molecule has 0 saturated carbocycles. The Morgan fingerprint density at radius 1 is 1.29 bits per heavy atom. The Kier molecular flexibility index (Phi) is 6.36. The molecule has 2 aromatic heterocycles. The van der Waals surface area contributed by atoms with Gasteiger partial charge in [0, 0.05) is 29.0 Å². The lowest BCUT2D eigenvalue weighted by atomic mass is 9.79. The van der Waals surface area contributed by atoms with Crippen LogP contribution >= 0.6 is 11.6 Å². The fourth-order valence-corrected chi connectivity index (χ4v) is 6.58. The van der Waals surface area contributed by atoms with Crippen LogP contribution in [0.4, 0.5) is 4.39 Å². The number of carbonyl (C=O) groups is 2. The lowest BCUT2D eigenvalue weighted by molar-refractivity contribution is -0.172. The van der Waals surface area contributed by atoms with E-state index in [1.54, 1.807) is 17.6 Å². The number of hydrogen-bond acceptors (Lipinski definition) is 6. The number of nitrogens with one attached hydrogen (secondary N) is 1. The minimum absolute atomic E-state index is 0.0269. The smallest absolute Gasteiger partial charge is 0.343 e. The van der Waals surface area contributed by atoms with E-state index in [4.69, 9.17) is 21.3 Å². The summed E-state index contributed by atoms with van der Waals surface area (Å²) in [6, 6.07) is 2.53. The summed E-state index contributed by atoms with van der Waals surface area (Å²) in [4.78, 5) is 44.3. The fraction of sp³-hybridized carbons (Fsp3) is 0.484. The molecule has 3 aliphatic rings. The number of aryl methyl sites for hydroxylation is 1. The van der Waals surface area contributed by atoms with Crippen molar-refractivity contribution < 1.29 is 23.8 Å². The molecule has 4 heterocycles. The van der Waals surface area contributed by atoms with E-state index in [0.29, 0.717) is 47.1 Å². The van der Waals surface area contributed by atoms with Gasteiger partial charge in [-0.3, -0.25) is 9.59 Å². The summed E-state index contributed by atoms with van der Waals surface area (Å²) in [5.74, 6) is -1.33. The number of aliphatic hydroxyl groups is 1. The highest BCUT2D eigenvalue weighted by atomic mass is 35.5. The summed E-state index contributed by atoms with van der Waals surface area (Å²) in [6.45, 7) is 9.94. The van der Waals surface area contributed by atoms with Crippen LogP contribution in [0.5, 0.6) is 0 Å². The first-order valence-electron chi connectivity index (χ1n) is 14.1. The largest absolute Gasteiger partial charge is 0.458 e. The number of esters is 1. The zero-order valence-corrected chi connectivity index (χ0v) is 24.5. The van der Waals surface area contributed by atoms with Gasteiger partial charge in [0.15, 0.2) is 5.60 Å². The fourth-order valence-electron chi connectivity index (χ4n) is 6.34. The summed E-state index contributed by atoms with van der Waals surface area (Å²) in [5.41, 5.74) is 1.48. The second kappa shape index (κ2) is 9.36. The molecule has 3 atom stereocenters. The number of pyridine rings is 2. The van der Waals surface area contributed by atoms with E-state index < -0.39 is 17.4 Å². The second-order valence-corrected chi connectivity index (χ2v) is 13.0. The Morgan fingerprint density at radius 3 is 2.71 bits per heavy atom. The Hall–Kier alpha value is -3.30. The van der Waals surface area contributed by atoms with Crippen LogP contribution in [0.3, 0.4) is 0 Å². The van der Waals surface area contributed by atoms with Gasteiger partial charge >= 0.3 is 5.97 Å². The number of aromatic nitrogens is 2. The molecule has 2 aliphatic heterocycles. The molecular formula is C31H33ClFN3O5. The summed E-state index contributed by atoms with van der Waals surface area (Å²) < 4.78 is 21.7. The predicted octanol–water partition coefficient (Wildman–Crippen LogP) is 5.05. The molecule has 1 unspecified atom stereocenters. The number of cyclic esters (lactones) is 1. The van der Waals surface area contributed by atoms with Gasteiger partial charge in [-0.25, -0.2) is 14.2 Å². The summed E-state index contributed by atoms with van der Waals surface area (Å²) in [7, 11) is 0. The first-order chi connectivity index (χ1) is 19.3. The van der Waals surface area contributed by atoms with Gasteiger partial charge in [0.05, 0.1) is 40.1 Å². The molecule has 1 aromatic carbocycles. The molecule has 6 rings (SSSR count). The number of fused-ring (bicyclic) bond motifs is 5. The molecule has 216 valence electrons. The normalized spacial score (nSPS) is 21.7. The third-order valence-corrected chi connectivity index (χ3v) is 9.76. The molecule has 0 bridgehead atoms. The molecular weight excluding hydrogens is 549 g/mol. The van der Waals surface area contributed by atoms with Crippen LogP contribution in [0.15, 0.2) is 16.9 Å². The van der Waals surface area contributed by atoms with Crippen molar-refractivity contribution in [3.8, 4) is 11.4 Å². The standard InChI is InChI=1S/C31H33ClFN3O5/c1-6-31(40)18-10-22-27-16(12-36(22)28(38)17(18)13-41-29(31)39)25-20(34-23(37)9-14(2)30(3,4)5)8-7-15-24(25)21(35-27)11-19(33)26(15)32/h10-11,14,20,40H,6-9,12-13H2,1-5H3,(H,34,37)/t14?,20-,31-/m0/s1. The number of ether oxygens (including phenoxy) is 1. The molecule has 0 spiro atoms. The lowest BCUT2D eigenvalue weighted by Crippen LogP contribution is -2.44. The van der Waals surface area contributed by atoms with Crippen LogP contribution in [-0.2, 0) is 39.5 Å². The summed E-state index contributed by atoms with van der Waals surface area (Å²) >= 11 is 6.44. The topological polar surface area (TPSA) is 111 Å². The van der Waals surface area contributed by atoms with E-state index >= 15 is 0 Å². The third-order valence-electron chi connectivity index (χ3n) is 9.35. The first-order valence-corrected chi connectivity index (χ1v) is 14.4. The van der Waals surface area contributed by atoms with Gasteiger partial charge in [-0.15, -0.1) is 0 Å². The number of benzene rings is 1. The number of nitrogens with zero attached hydrogens (tertiary/aromatic N) is 2. The van der Waals surface area contributed by atoms with E-state index in [1.807, 2.05) is 0 Å². The Morgan fingerprint density at radius 2 is 2.02 bits per heavy atom. The van der Waals surface area contributed by atoms with Crippen molar-refractivity contribution in [2.45, 2.75) is 85.1 Å². The monoisotopic (exact) mass is 581 g/mol. The Balaban J connectivity index is 1.54. The van der Waals surface area contributed by atoms with Crippen molar-refractivity contribution in [3.05, 3.63) is 61.1 Å². The van der Waals surface area contributed by atoms with E-state index in [9.17, 15) is 23.9 Å². The molecule has 1 aliphatic carbocycles. The maximum atomic E-state index is 15.0. The zero-order valence-electron chi connectivity index (χ0n) is 23.8. The summed E-state index contributed by atoms with van der Waals surface area (Å²) in [6.07, 6.45) is 1.35. The molecule has 1 amide bonds. The minimum Gasteiger partial charge on any atom is -0.458 e. The highest BCUT2D eigenvalue weighted by molar-refractivity contribution is 6.32. The van der Waals surface area contributed by atoms with Crippen molar-refractivity contribution in [3.63, 3.8) is 0 Å². The second-order valence-electron chi connectivity index (χ2n) is 12.6. The van der Waals surface area contributed by atoms with Gasteiger partial charge in [-0.2, -0.15) is 0 Å². The van der Waals surface area contributed by atoms with Crippen LogP contribution in [0, 0.1) is 17.2 Å². The van der Waals surface area contributed by atoms with Crippen LogP contribution in [0.1, 0.15) is 87.7 Å². The molecule has 2 N–H and O–H groups in total. The SMILES string of the molecule is CC[C@@]1(O)C(=O)OCc2c1cc1n(c2=O)Cc2c-1nc1cc(F)c(Cl)c3c1c2[C@@H](NC(=O)CC(C)C(C)(C)C)CC3. The number of halogens is 2. The van der Waals surface area contributed by atoms with E-state index in [0.717, 1.165) is 11.1 Å². The molecule has 3 aromatic rings. The van der Waals surface area contributed by atoms with Crippen molar-refractivity contribution in [2.75, 3.05) is 0 Å². The third kappa shape index (κ3) is 4.11. The lowest BCUT2D eigenvalue weighted by Gasteiger charge is -2.31. The van der Waals surface area contributed by atoms with E-state index in [2.05, 4.69) is 33.0 Å². The number of hydrogen-bond donors (Lipinski definition) is 2. The maximum absolute atomic E-state index is 15.0. The van der Waals surface area contributed by atoms with Crippen molar-refractivity contribution in [2.24, 2.45) is 11.3 Å². The van der Waals surface area contributed by atoms with Crippen LogP contribution in [0.25, 0.3) is 22.3 Å². The minimum atomic E-state index is -1.96. The number of rotatable bonds is 4. The van der Waals surface area contributed by atoms with Crippen LogP contribution < -0.4 is 10.9 Å². The van der Waals surface area contributed by atoms with Gasteiger partial charge < -0.3 is 19.7 Å². The number of carbonyl (C=O) groups excluding carboxylic acids is 2. The molecule has 41 heavy (non-hydrogen) atoms. The molecule has 0 fully saturated rings. The predicted molar refractivity (Wildman–Crippen MR) is 152 cm³/mol. The van der Waals surface area contributed by atoms with Gasteiger partial charge in [-0.1, -0.05) is 46.2 Å². The van der Waals surface area contributed by atoms with Crippen molar-refractivity contribution in [1.82, 2.24) is 14.9 Å². The molecule has 8 nitrogen and oxygen atoms in total. The Labute approximate surface area is 241 Å².